The highest BCUT2D eigenvalue weighted by Gasteiger charge is 2.03. The molecule has 1 aromatic rings. The third-order valence-electron chi connectivity index (χ3n) is 2.39. The Labute approximate surface area is 101 Å². The summed E-state index contributed by atoms with van der Waals surface area (Å²) in [4.78, 5) is 0. The van der Waals surface area contributed by atoms with Crippen molar-refractivity contribution >= 4 is 28.6 Å². The maximum absolute atomic E-state index is 4.30. The molecule has 0 N–H and O–H groups in total. The molecule has 1 rings (SSSR count). The van der Waals surface area contributed by atoms with Gasteiger partial charge in [0, 0.05) is 4.47 Å². The highest BCUT2D eigenvalue weighted by atomic mass is 79.9. The molecule has 1 atom stereocenters. The van der Waals surface area contributed by atoms with E-state index in [1.54, 1.807) is 0 Å². The van der Waals surface area contributed by atoms with Gasteiger partial charge in [-0.2, -0.15) is 12.6 Å². The first-order valence-electron chi connectivity index (χ1n) is 5.05. The molecule has 1 unspecified atom stereocenters. The summed E-state index contributed by atoms with van der Waals surface area (Å²) < 4.78 is 1.24. The van der Waals surface area contributed by atoms with Gasteiger partial charge in [0.25, 0.3) is 0 Å². The third-order valence-corrected chi connectivity index (χ3v) is 3.76. The fourth-order valence-corrected chi connectivity index (χ4v) is 2.31. The van der Waals surface area contributed by atoms with E-state index in [1.165, 1.54) is 15.6 Å². The Kier molecular flexibility index (Phi) is 5.04. The van der Waals surface area contributed by atoms with Gasteiger partial charge in [-0.15, -0.1) is 0 Å². The maximum Gasteiger partial charge on any atom is 0.0209 e. The second kappa shape index (κ2) is 5.82. The van der Waals surface area contributed by atoms with Crippen molar-refractivity contribution in [2.45, 2.75) is 26.7 Å². The zero-order valence-corrected chi connectivity index (χ0v) is 11.2. The van der Waals surface area contributed by atoms with E-state index in [0.717, 1.165) is 18.6 Å². The molecule has 0 fully saturated rings. The van der Waals surface area contributed by atoms with Crippen molar-refractivity contribution in [1.82, 2.24) is 0 Å². The summed E-state index contributed by atoms with van der Waals surface area (Å²) in [5.74, 6) is 1.60. The predicted molar refractivity (Wildman–Crippen MR) is 70.2 cm³/mol. The molecule has 0 bridgehead atoms. The Morgan fingerprint density at radius 2 is 2.14 bits per heavy atom. The van der Waals surface area contributed by atoms with Crippen LogP contribution in [0.5, 0.6) is 0 Å². The summed E-state index contributed by atoms with van der Waals surface area (Å²) in [5.41, 5.74) is 2.78. The highest BCUT2D eigenvalue weighted by molar-refractivity contribution is 9.10. The van der Waals surface area contributed by atoms with Gasteiger partial charge in [-0.25, -0.2) is 0 Å². The van der Waals surface area contributed by atoms with Crippen molar-refractivity contribution in [2.24, 2.45) is 5.92 Å². The van der Waals surface area contributed by atoms with Crippen LogP contribution in [0.3, 0.4) is 0 Å². The minimum atomic E-state index is 0.651. The van der Waals surface area contributed by atoms with Gasteiger partial charge in [0.2, 0.25) is 0 Å². The normalized spacial score (nSPS) is 12.9. The molecule has 2 heteroatoms. The molecule has 0 aliphatic rings. The topological polar surface area (TPSA) is 0 Å². The fourth-order valence-electron chi connectivity index (χ4n) is 1.47. The van der Waals surface area contributed by atoms with Crippen molar-refractivity contribution in [3.05, 3.63) is 33.8 Å². The van der Waals surface area contributed by atoms with Crippen LogP contribution in [0.25, 0.3) is 0 Å². The molecule has 0 aromatic heterocycles. The Hall–Kier alpha value is 0.0500. The van der Waals surface area contributed by atoms with E-state index in [0.29, 0.717) is 5.92 Å². The van der Waals surface area contributed by atoms with Crippen LogP contribution in [0.4, 0.5) is 0 Å². The highest BCUT2D eigenvalue weighted by Crippen LogP contribution is 2.21. The number of benzene rings is 1. The van der Waals surface area contributed by atoms with Gasteiger partial charge in [-0.05, 0) is 41.7 Å². The monoisotopic (exact) mass is 272 g/mol. The molecule has 0 nitrogen and oxygen atoms in total. The van der Waals surface area contributed by atoms with Gasteiger partial charge in [0.05, 0.1) is 0 Å². The first-order chi connectivity index (χ1) is 6.67. The third kappa shape index (κ3) is 3.32. The van der Waals surface area contributed by atoms with E-state index in [1.807, 2.05) is 0 Å². The van der Waals surface area contributed by atoms with Crippen molar-refractivity contribution in [3.63, 3.8) is 0 Å². The Morgan fingerprint density at radius 1 is 1.43 bits per heavy atom. The van der Waals surface area contributed by atoms with Crippen LogP contribution in [-0.2, 0) is 12.8 Å². The molecule has 0 amide bonds. The summed E-state index contributed by atoms with van der Waals surface area (Å²) in [7, 11) is 0. The second-order valence-corrected chi connectivity index (χ2v) is 4.99. The van der Waals surface area contributed by atoms with Crippen LogP contribution in [0, 0.1) is 5.92 Å². The zero-order chi connectivity index (χ0) is 10.6. The minimum absolute atomic E-state index is 0.651. The van der Waals surface area contributed by atoms with Crippen molar-refractivity contribution < 1.29 is 0 Å². The summed E-state index contributed by atoms with van der Waals surface area (Å²) >= 11 is 7.90. The van der Waals surface area contributed by atoms with E-state index in [9.17, 15) is 0 Å². The van der Waals surface area contributed by atoms with Gasteiger partial charge in [0.15, 0.2) is 0 Å². The van der Waals surface area contributed by atoms with Gasteiger partial charge in [-0.3, -0.25) is 0 Å². The molecule has 0 aliphatic heterocycles. The number of aryl methyl sites for hydroxylation is 1. The first-order valence-corrected chi connectivity index (χ1v) is 6.48. The molecular weight excluding hydrogens is 256 g/mol. The molecular formula is C12H17BrS. The molecule has 0 spiro atoms. The number of hydrogen-bond donors (Lipinski definition) is 1. The molecule has 0 saturated carbocycles. The molecule has 1 aromatic carbocycles. The van der Waals surface area contributed by atoms with Crippen LogP contribution < -0.4 is 0 Å². The molecule has 0 saturated heterocycles. The van der Waals surface area contributed by atoms with E-state index in [-0.39, 0.29) is 0 Å². The van der Waals surface area contributed by atoms with Crippen LogP contribution in [0.15, 0.2) is 22.7 Å². The van der Waals surface area contributed by atoms with Crippen LogP contribution in [-0.4, -0.2) is 5.75 Å². The zero-order valence-electron chi connectivity index (χ0n) is 8.76. The van der Waals surface area contributed by atoms with Gasteiger partial charge in [0.1, 0.15) is 0 Å². The summed E-state index contributed by atoms with van der Waals surface area (Å²) in [6.45, 7) is 4.41. The SMILES string of the molecule is CCc1ccc(CC(C)CS)cc1Br. The lowest BCUT2D eigenvalue weighted by atomic mass is 10.0. The second-order valence-electron chi connectivity index (χ2n) is 3.77. The van der Waals surface area contributed by atoms with E-state index in [4.69, 9.17) is 0 Å². The maximum atomic E-state index is 4.30. The van der Waals surface area contributed by atoms with E-state index in [2.05, 4.69) is 60.6 Å². The summed E-state index contributed by atoms with van der Waals surface area (Å²) in [5, 5.41) is 0. The standard InChI is InChI=1S/C12H17BrS/c1-3-11-5-4-10(7-12(11)13)6-9(2)8-14/h4-5,7,9,14H,3,6,8H2,1-2H3. The smallest absolute Gasteiger partial charge is 0.0209 e. The number of thiol groups is 1. The summed E-state index contributed by atoms with van der Waals surface area (Å²) in [6.07, 6.45) is 2.20. The van der Waals surface area contributed by atoms with Crippen molar-refractivity contribution in [1.29, 1.82) is 0 Å². The predicted octanol–water partition coefficient (Wildman–Crippen LogP) is 4.12. The molecule has 14 heavy (non-hydrogen) atoms. The van der Waals surface area contributed by atoms with Crippen molar-refractivity contribution in [2.75, 3.05) is 5.75 Å². The molecule has 0 aliphatic carbocycles. The van der Waals surface area contributed by atoms with Crippen LogP contribution in [0.2, 0.25) is 0 Å². The molecule has 0 radical (unpaired) electrons. The first kappa shape index (κ1) is 12.1. The van der Waals surface area contributed by atoms with Gasteiger partial charge in [-0.1, -0.05) is 41.9 Å². The van der Waals surface area contributed by atoms with Gasteiger partial charge >= 0.3 is 0 Å². The van der Waals surface area contributed by atoms with Gasteiger partial charge < -0.3 is 0 Å². The summed E-state index contributed by atoms with van der Waals surface area (Å²) in [6, 6.07) is 6.67. The number of hydrogen-bond acceptors (Lipinski definition) is 1. The minimum Gasteiger partial charge on any atom is -0.179 e. The lowest BCUT2D eigenvalue weighted by Crippen LogP contribution is -2.01. The van der Waals surface area contributed by atoms with Crippen LogP contribution in [0.1, 0.15) is 25.0 Å². The largest absolute Gasteiger partial charge is 0.179 e. The van der Waals surface area contributed by atoms with E-state index < -0.39 is 0 Å². The Bertz CT molecular complexity index is 296. The number of halogens is 1. The average molecular weight is 273 g/mol. The number of rotatable bonds is 4. The van der Waals surface area contributed by atoms with E-state index >= 15 is 0 Å². The van der Waals surface area contributed by atoms with Crippen LogP contribution >= 0.6 is 28.6 Å². The quantitative estimate of drug-likeness (QED) is 0.784. The lowest BCUT2D eigenvalue weighted by molar-refractivity contribution is 0.660. The molecule has 78 valence electrons. The molecule has 0 heterocycles. The lowest BCUT2D eigenvalue weighted by Gasteiger charge is -2.09. The van der Waals surface area contributed by atoms with Crippen molar-refractivity contribution in [3.8, 4) is 0 Å². The Morgan fingerprint density at radius 3 is 2.64 bits per heavy atom. The fraction of sp³-hybridized carbons (Fsp3) is 0.500. The Balaban J connectivity index is 2.76. The average Bonchev–Trinajstić information content (AvgIpc) is 2.18.